The van der Waals surface area contributed by atoms with E-state index < -0.39 is 42.7 Å². The number of sulfonamides is 2. The number of rotatable bonds is 5. The van der Waals surface area contributed by atoms with E-state index in [0.29, 0.717) is 12.1 Å². The molecule has 148 valence electrons. The van der Waals surface area contributed by atoms with Crippen molar-refractivity contribution >= 4 is 31.6 Å². The van der Waals surface area contributed by atoms with Crippen molar-refractivity contribution in [3.63, 3.8) is 0 Å². The van der Waals surface area contributed by atoms with Gasteiger partial charge in [-0.25, -0.2) is 26.7 Å². The molecule has 0 spiro atoms. The summed E-state index contributed by atoms with van der Waals surface area (Å²) in [4.78, 5) is -0.975. The maximum atomic E-state index is 12.8. The van der Waals surface area contributed by atoms with Gasteiger partial charge in [0.25, 0.3) is 0 Å². The second-order valence-corrected chi connectivity index (χ2v) is 9.25. The first-order chi connectivity index (χ1) is 12.2. The first-order valence-electron chi connectivity index (χ1n) is 7.23. The Balaban J connectivity index is 2.40. The molecular weight excluding hydrogens is 429 g/mol. The Hall–Kier alpha value is -1.66. The fourth-order valence-corrected chi connectivity index (χ4v) is 4.54. The molecule has 0 fully saturated rings. The molecule has 2 aromatic rings. The fourth-order valence-electron chi connectivity index (χ4n) is 2.21. The van der Waals surface area contributed by atoms with Crippen LogP contribution in [0.15, 0.2) is 52.3 Å². The van der Waals surface area contributed by atoms with Gasteiger partial charge in [0, 0.05) is 6.04 Å². The zero-order chi connectivity index (χ0) is 20.6. The highest BCUT2D eigenvalue weighted by atomic mass is 35.5. The zero-order valence-electron chi connectivity index (χ0n) is 13.7. The van der Waals surface area contributed by atoms with Gasteiger partial charge in [0.1, 0.15) is 4.90 Å². The first-order valence-corrected chi connectivity index (χ1v) is 10.6. The summed E-state index contributed by atoms with van der Waals surface area (Å²) in [5.41, 5.74) is -0.927. The summed E-state index contributed by atoms with van der Waals surface area (Å²) in [6.45, 7) is 1.39. The second-order valence-electron chi connectivity index (χ2n) is 5.60. The average Bonchev–Trinajstić information content (AvgIpc) is 2.53. The summed E-state index contributed by atoms with van der Waals surface area (Å²) in [6, 6.07) is 6.15. The lowest BCUT2D eigenvalue weighted by Crippen LogP contribution is -2.27. The first kappa shape index (κ1) is 21.6. The molecule has 0 unspecified atom stereocenters. The van der Waals surface area contributed by atoms with Gasteiger partial charge in [0.15, 0.2) is 0 Å². The highest BCUT2D eigenvalue weighted by Gasteiger charge is 2.33. The molecule has 0 heterocycles. The molecule has 0 aliphatic rings. The van der Waals surface area contributed by atoms with Crippen LogP contribution < -0.4 is 9.86 Å². The molecule has 0 bridgehead atoms. The number of nitrogens with two attached hydrogens (primary N) is 1. The fraction of sp³-hybridized carbons (Fsp3) is 0.200. The van der Waals surface area contributed by atoms with Crippen molar-refractivity contribution in [1.82, 2.24) is 4.72 Å². The summed E-state index contributed by atoms with van der Waals surface area (Å²) >= 11 is 5.76. The number of halogens is 4. The van der Waals surface area contributed by atoms with Crippen molar-refractivity contribution in [2.24, 2.45) is 5.14 Å². The minimum absolute atomic E-state index is 0.233. The van der Waals surface area contributed by atoms with Crippen LogP contribution in [0.4, 0.5) is 13.2 Å². The summed E-state index contributed by atoms with van der Waals surface area (Å²) in [7, 11) is -8.44. The number of alkyl halides is 3. The van der Waals surface area contributed by atoms with E-state index in [-0.39, 0.29) is 15.5 Å². The Morgan fingerprint density at radius 2 is 1.70 bits per heavy atom. The monoisotopic (exact) mass is 442 g/mol. The molecule has 0 aliphatic heterocycles. The van der Waals surface area contributed by atoms with Crippen molar-refractivity contribution in [3.8, 4) is 0 Å². The second kappa shape index (κ2) is 7.40. The lowest BCUT2D eigenvalue weighted by molar-refractivity contribution is -0.137. The van der Waals surface area contributed by atoms with Gasteiger partial charge in [0.2, 0.25) is 20.0 Å². The smallest absolute Gasteiger partial charge is 0.225 e. The minimum Gasteiger partial charge on any atom is -0.225 e. The topological polar surface area (TPSA) is 106 Å². The van der Waals surface area contributed by atoms with E-state index in [2.05, 4.69) is 4.72 Å². The quantitative estimate of drug-likeness (QED) is 0.742. The molecule has 3 N–H and O–H groups in total. The number of nitrogens with one attached hydrogen (secondary N) is 1. The van der Waals surface area contributed by atoms with Crippen molar-refractivity contribution in [1.29, 1.82) is 0 Å². The number of hydrogen-bond acceptors (Lipinski definition) is 4. The third-order valence-electron chi connectivity index (χ3n) is 3.57. The molecule has 0 radical (unpaired) electrons. The maximum Gasteiger partial charge on any atom is 0.416 e. The van der Waals surface area contributed by atoms with E-state index in [1.54, 1.807) is 0 Å². The van der Waals surface area contributed by atoms with Crippen LogP contribution in [-0.4, -0.2) is 16.8 Å². The SMILES string of the molecule is C[C@H](NS(=O)(=O)c1cc(C(F)(F)F)ccc1Cl)c1cccc(S(N)(=O)=O)c1. The molecule has 1 atom stereocenters. The molecule has 0 aromatic heterocycles. The normalized spacial score (nSPS) is 14.1. The zero-order valence-corrected chi connectivity index (χ0v) is 16.0. The van der Waals surface area contributed by atoms with Crippen molar-refractivity contribution in [2.45, 2.75) is 28.9 Å². The van der Waals surface area contributed by atoms with Crippen molar-refractivity contribution in [3.05, 3.63) is 58.6 Å². The van der Waals surface area contributed by atoms with Crippen LogP contribution in [-0.2, 0) is 26.2 Å². The summed E-state index contributed by atoms with van der Waals surface area (Å²) < 4.78 is 88.5. The molecular formula is C15H14ClF3N2O4S2. The molecule has 12 heteroatoms. The van der Waals surface area contributed by atoms with E-state index in [0.717, 1.165) is 12.1 Å². The Kier molecular flexibility index (Phi) is 5.93. The highest BCUT2D eigenvalue weighted by Crippen LogP contribution is 2.33. The van der Waals surface area contributed by atoms with Gasteiger partial charge in [-0.3, -0.25) is 0 Å². The molecule has 27 heavy (non-hydrogen) atoms. The predicted molar refractivity (Wildman–Crippen MR) is 93.0 cm³/mol. The number of benzene rings is 2. The largest absolute Gasteiger partial charge is 0.416 e. The van der Waals surface area contributed by atoms with E-state index in [1.807, 2.05) is 0 Å². The van der Waals surface area contributed by atoms with E-state index in [4.69, 9.17) is 16.7 Å². The van der Waals surface area contributed by atoms with Gasteiger partial charge in [-0.15, -0.1) is 0 Å². The average molecular weight is 443 g/mol. The Morgan fingerprint density at radius 1 is 1.07 bits per heavy atom. The van der Waals surface area contributed by atoms with E-state index >= 15 is 0 Å². The van der Waals surface area contributed by atoms with Crippen LogP contribution in [0.2, 0.25) is 5.02 Å². The van der Waals surface area contributed by atoms with E-state index in [9.17, 15) is 30.0 Å². The van der Waals surface area contributed by atoms with Crippen LogP contribution in [0.1, 0.15) is 24.1 Å². The predicted octanol–water partition coefficient (Wildman–Crippen LogP) is 3.05. The van der Waals surface area contributed by atoms with Crippen LogP contribution in [0.25, 0.3) is 0 Å². The molecule has 0 aliphatic carbocycles. The lowest BCUT2D eigenvalue weighted by atomic mass is 10.1. The molecule has 0 saturated carbocycles. The Morgan fingerprint density at radius 3 is 2.26 bits per heavy atom. The lowest BCUT2D eigenvalue weighted by Gasteiger charge is -2.17. The standard InChI is InChI=1S/C15H14ClF3N2O4S2/c1-9(10-3-2-4-12(7-10)26(20,22)23)21-27(24,25)14-8-11(15(17,18)19)5-6-13(14)16/h2-9,21H,1H3,(H2,20,22,23)/t9-/m0/s1. The highest BCUT2D eigenvalue weighted by molar-refractivity contribution is 7.89. The van der Waals surface area contributed by atoms with Gasteiger partial charge >= 0.3 is 6.18 Å². The van der Waals surface area contributed by atoms with Gasteiger partial charge in [-0.05, 0) is 42.8 Å². The molecule has 0 saturated heterocycles. The third kappa shape index (κ3) is 5.20. The van der Waals surface area contributed by atoms with Crippen molar-refractivity contribution in [2.75, 3.05) is 0 Å². The number of hydrogen-bond donors (Lipinski definition) is 2. The maximum absolute atomic E-state index is 12.8. The molecule has 0 amide bonds. The van der Waals surface area contributed by atoms with Gasteiger partial charge in [0.05, 0.1) is 15.5 Å². The molecule has 6 nitrogen and oxygen atoms in total. The van der Waals surface area contributed by atoms with Gasteiger partial charge < -0.3 is 0 Å². The summed E-state index contributed by atoms with van der Waals surface area (Å²) in [5.74, 6) is 0. The van der Waals surface area contributed by atoms with Crippen LogP contribution >= 0.6 is 11.6 Å². The molecule has 2 aromatic carbocycles. The third-order valence-corrected chi connectivity index (χ3v) is 6.50. The van der Waals surface area contributed by atoms with Gasteiger partial charge in [-0.1, -0.05) is 23.7 Å². The van der Waals surface area contributed by atoms with E-state index in [1.165, 1.54) is 25.1 Å². The van der Waals surface area contributed by atoms with Crippen molar-refractivity contribution < 1.29 is 30.0 Å². The molecule has 2 rings (SSSR count). The van der Waals surface area contributed by atoms with Gasteiger partial charge in [-0.2, -0.15) is 13.2 Å². The van der Waals surface area contributed by atoms with Crippen LogP contribution in [0.5, 0.6) is 0 Å². The Bertz CT molecular complexity index is 1070. The summed E-state index contributed by atoms with van der Waals surface area (Å²) in [5, 5.41) is 4.64. The van der Waals surface area contributed by atoms with Crippen LogP contribution in [0, 0.1) is 0 Å². The minimum atomic E-state index is -4.75. The Labute approximate surface area is 159 Å². The van der Waals surface area contributed by atoms with Crippen LogP contribution in [0.3, 0.4) is 0 Å². The number of primary sulfonamides is 1. The summed E-state index contributed by atoms with van der Waals surface area (Å²) in [6.07, 6.45) is -4.75.